The molecule has 1 amide bonds. The topological polar surface area (TPSA) is 38.8 Å². The Labute approximate surface area is 136 Å². The summed E-state index contributed by atoms with van der Waals surface area (Å²) < 4.78 is 11.1. The van der Waals surface area contributed by atoms with Crippen molar-refractivity contribution >= 4 is 5.91 Å². The average molecular weight is 311 g/mol. The molecule has 23 heavy (non-hydrogen) atoms. The van der Waals surface area contributed by atoms with Crippen molar-refractivity contribution in [3.8, 4) is 11.5 Å². The first kappa shape index (κ1) is 15.4. The van der Waals surface area contributed by atoms with Gasteiger partial charge in [-0.2, -0.15) is 0 Å². The molecule has 0 radical (unpaired) electrons. The second kappa shape index (κ2) is 6.32. The van der Waals surface area contributed by atoms with Crippen LogP contribution in [0.3, 0.4) is 0 Å². The third kappa shape index (κ3) is 3.16. The molecule has 2 aromatic rings. The van der Waals surface area contributed by atoms with Crippen LogP contribution < -0.4 is 9.47 Å². The Morgan fingerprint density at radius 2 is 1.70 bits per heavy atom. The lowest BCUT2D eigenvalue weighted by Crippen LogP contribution is -2.29. The molecule has 0 spiro atoms. The third-order valence-electron chi connectivity index (χ3n) is 4.25. The van der Waals surface area contributed by atoms with Gasteiger partial charge in [0.05, 0.1) is 6.04 Å². The van der Waals surface area contributed by atoms with Gasteiger partial charge in [-0.15, -0.1) is 0 Å². The van der Waals surface area contributed by atoms with E-state index in [1.807, 2.05) is 14.0 Å². The van der Waals surface area contributed by atoms with Gasteiger partial charge in [-0.05, 0) is 37.6 Å². The van der Waals surface area contributed by atoms with Crippen LogP contribution >= 0.6 is 0 Å². The van der Waals surface area contributed by atoms with E-state index in [0.717, 1.165) is 5.56 Å². The summed E-state index contributed by atoms with van der Waals surface area (Å²) in [4.78, 5) is 14.5. The molecule has 1 unspecified atom stereocenters. The summed E-state index contributed by atoms with van der Waals surface area (Å²) in [6, 6.07) is 13.6. The van der Waals surface area contributed by atoms with E-state index < -0.39 is 0 Å². The SMILES string of the molecule is Cc1ccc(C(C)N(C)C(=O)c2ccc3c(c2)OCCO3)cc1. The summed E-state index contributed by atoms with van der Waals surface area (Å²) in [6.07, 6.45) is 0. The van der Waals surface area contributed by atoms with Crippen LogP contribution in [0, 0.1) is 6.92 Å². The highest BCUT2D eigenvalue weighted by atomic mass is 16.6. The standard InChI is InChI=1S/C19H21NO3/c1-13-4-6-15(7-5-13)14(2)20(3)19(21)16-8-9-17-18(12-16)23-11-10-22-17/h4-9,12,14H,10-11H2,1-3H3. The summed E-state index contributed by atoms with van der Waals surface area (Å²) >= 11 is 0. The molecule has 1 atom stereocenters. The molecule has 0 aromatic heterocycles. The molecule has 0 bridgehead atoms. The largest absolute Gasteiger partial charge is 0.486 e. The molecule has 4 nitrogen and oxygen atoms in total. The number of nitrogens with zero attached hydrogens (tertiary/aromatic N) is 1. The summed E-state index contributed by atoms with van der Waals surface area (Å²) in [7, 11) is 1.82. The number of fused-ring (bicyclic) bond motifs is 1. The molecule has 2 aromatic carbocycles. The first-order valence-electron chi connectivity index (χ1n) is 7.79. The van der Waals surface area contributed by atoms with Crippen molar-refractivity contribution in [2.45, 2.75) is 19.9 Å². The van der Waals surface area contributed by atoms with Crippen molar-refractivity contribution < 1.29 is 14.3 Å². The van der Waals surface area contributed by atoms with Crippen molar-refractivity contribution in [2.75, 3.05) is 20.3 Å². The van der Waals surface area contributed by atoms with Crippen LogP contribution in [-0.4, -0.2) is 31.1 Å². The first-order valence-corrected chi connectivity index (χ1v) is 7.79. The molecule has 3 rings (SSSR count). The second-order valence-electron chi connectivity index (χ2n) is 5.86. The van der Waals surface area contributed by atoms with Crippen LogP contribution in [0.5, 0.6) is 11.5 Å². The van der Waals surface area contributed by atoms with Crippen LogP contribution in [0.15, 0.2) is 42.5 Å². The first-order chi connectivity index (χ1) is 11.1. The van der Waals surface area contributed by atoms with Crippen molar-refractivity contribution in [3.63, 3.8) is 0 Å². The molecule has 0 aliphatic carbocycles. The molecular weight excluding hydrogens is 290 g/mol. The molecule has 0 saturated heterocycles. The fraction of sp³-hybridized carbons (Fsp3) is 0.316. The Balaban J connectivity index is 1.80. The lowest BCUT2D eigenvalue weighted by molar-refractivity contribution is 0.0741. The number of carbonyl (C=O) groups is 1. The van der Waals surface area contributed by atoms with Crippen molar-refractivity contribution in [2.24, 2.45) is 0 Å². The van der Waals surface area contributed by atoms with Gasteiger partial charge in [0.2, 0.25) is 0 Å². The van der Waals surface area contributed by atoms with Gasteiger partial charge in [0.25, 0.3) is 5.91 Å². The van der Waals surface area contributed by atoms with Crippen molar-refractivity contribution in [1.82, 2.24) is 4.90 Å². The zero-order valence-corrected chi connectivity index (χ0v) is 13.7. The van der Waals surface area contributed by atoms with E-state index in [0.29, 0.717) is 30.3 Å². The molecule has 4 heteroatoms. The maximum absolute atomic E-state index is 12.7. The Morgan fingerprint density at radius 3 is 2.39 bits per heavy atom. The Morgan fingerprint density at radius 1 is 1.04 bits per heavy atom. The van der Waals surface area contributed by atoms with Crippen molar-refractivity contribution in [1.29, 1.82) is 0 Å². The van der Waals surface area contributed by atoms with E-state index in [4.69, 9.17) is 9.47 Å². The van der Waals surface area contributed by atoms with Crippen LogP contribution in [0.2, 0.25) is 0 Å². The van der Waals surface area contributed by atoms with Crippen LogP contribution in [-0.2, 0) is 0 Å². The fourth-order valence-electron chi connectivity index (χ4n) is 2.62. The maximum Gasteiger partial charge on any atom is 0.254 e. The van der Waals surface area contributed by atoms with Gasteiger partial charge in [-0.1, -0.05) is 29.8 Å². The molecule has 120 valence electrons. The molecular formula is C19H21NO3. The number of benzene rings is 2. The number of hydrogen-bond donors (Lipinski definition) is 0. The lowest BCUT2D eigenvalue weighted by Gasteiger charge is -2.26. The van der Waals surface area contributed by atoms with Gasteiger partial charge >= 0.3 is 0 Å². The van der Waals surface area contributed by atoms with E-state index in [1.165, 1.54) is 5.56 Å². The zero-order chi connectivity index (χ0) is 16.4. The molecule has 0 N–H and O–H groups in total. The molecule has 1 aliphatic heterocycles. The minimum absolute atomic E-state index is 0.00343. The molecule has 1 aliphatic rings. The molecule has 1 heterocycles. The van der Waals surface area contributed by atoms with E-state index >= 15 is 0 Å². The van der Waals surface area contributed by atoms with Gasteiger partial charge in [0.1, 0.15) is 13.2 Å². The predicted octanol–water partition coefficient (Wildman–Crippen LogP) is 3.60. The number of rotatable bonds is 3. The van der Waals surface area contributed by atoms with Gasteiger partial charge in [-0.25, -0.2) is 0 Å². The number of amides is 1. The second-order valence-corrected chi connectivity index (χ2v) is 5.86. The maximum atomic E-state index is 12.7. The van der Waals surface area contributed by atoms with Gasteiger partial charge in [-0.3, -0.25) is 4.79 Å². The molecule has 0 saturated carbocycles. The number of aryl methyl sites for hydroxylation is 1. The Kier molecular flexibility index (Phi) is 4.24. The summed E-state index contributed by atoms with van der Waals surface area (Å²) in [5, 5.41) is 0. The van der Waals surface area contributed by atoms with E-state index in [9.17, 15) is 4.79 Å². The number of hydrogen-bond acceptors (Lipinski definition) is 3. The summed E-state index contributed by atoms with van der Waals surface area (Å²) in [5.74, 6) is 1.30. The minimum Gasteiger partial charge on any atom is -0.486 e. The van der Waals surface area contributed by atoms with Gasteiger partial charge in [0.15, 0.2) is 11.5 Å². The quantitative estimate of drug-likeness (QED) is 0.869. The summed E-state index contributed by atoms with van der Waals surface area (Å²) in [5.41, 5.74) is 2.93. The highest BCUT2D eigenvalue weighted by Gasteiger charge is 2.21. The van der Waals surface area contributed by atoms with E-state index in [1.54, 1.807) is 23.1 Å². The van der Waals surface area contributed by atoms with Gasteiger partial charge in [0, 0.05) is 12.6 Å². The monoisotopic (exact) mass is 311 g/mol. The highest BCUT2D eigenvalue weighted by Crippen LogP contribution is 2.31. The number of ether oxygens (including phenoxy) is 2. The predicted molar refractivity (Wildman–Crippen MR) is 89.1 cm³/mol. The minimum atomic E-state index is -0.0324. The Hall–Kier alpha value is -2.49. The smallest absolute Gasteiger partial charge is 0.254 e. The fourth-order valence-corrected chi connectivity index (χ4v) is 2.62. The zero-order valence-electron chi connectivity index (χ0n) is 13.7. The van der Waals surface area contributed by atoms with Crippen LogP contribution in [0.25, 0.3) is 0 Å². The average Bonchev–Trinajstić information content (AvgIpc) is 2.60. The van der Waals surface area contributed by atoms with E-state index in [2.05, 4.69) is 31.2 Å². The number of carbonyl (C=O) groups excluding carboxylic acids is 1. The van der Waals surface area contributed by atoms with Crippen LogP contribution in [0.4, 0.5) is 0 Å². The molecule has 0 fully saturated rings. The normalized spacial score (nSPS) is 14.2. The van der Waals surface area contributed by atoms with Crippen LogP contribution in [0.1, 0.15) is 34.5 Å². The van der Waals surface area contributed by atoms with E-state index in [-0.39, 0.29) is 11.9 Å². The third-order valence-corrected chi connectivity index (χ3v) is 4.25. The van der Waals surface area contributed by atoms with Crippen molar-refractivity contribution in [3.05, 3.63) is 59.2 Å². The summed E-state index contributed by atoms with van der Waals surface area (Å²) in [6.45, 7) is 5.14. The van der Waals surface area contributed by atoms with Gasteiger partial charge < -0.3 is 14.4 Å². The highest BCUT2D eigenvalue weighted by molar-refractivity contribution is 5.95. The Bertz CT molecular complexity index is 709. The lowest BCUT2D eigenvalue weighted by atomic mass is 10.0.